The van der Waals surface area contributed by atoms with Crippen molar-refractivity contribution in [1.29, 1.82) is 0 Å². The maximum absolute atomic E-state index is 11.8. The fourth-order valence-electron chi connectivity index (χ4n) is 1.96. The lowest BCUT2D eigenvalue weighted by Crippen LogP contribution is -2.33. The fraction of sp³-hybridized carbons (Fsp3) is 0.176. The first-order chi connectivity index (χ1) is 10.5. The van der Waals surface area contributed by atoms with Crippen molar-refractivity contribution in [1.82, 2.24) is 5.32 Å². The summed E-state index contributed by atoms with van der Waals surface area (Å²) >= 11 is 0. The molecule has 0 aliphatic heterocycles. The molecule has 0 unspecified atom stereocenters. The number of carbonyl (C=O) groups is 2. The van der Waals surface area contributed by atoms with Gasteiger partial charge in [-0.1, -0.05) is 36.4 Å². The van der Waals surface area contributed by atoms with Crippen LogP contribution < -0.4 is 10.6 Å². The molecular formula is C17H18N2O3. The Bertz CT molecular complexity index is 669. The Morgan fingerprint density at radius 1 is 1.05 bits per heavy atom. The lowest BCUT2D eigenvalue weighted by molar-refractivity contribution is -0.123. The summed E-state index contributed by atoms with van der Waals surface area (Å²) in [6.07, 6.45) is 0.226. The van der Waals surface area contributed by atoms with Crippen LogP contribution >= 0.6 is 0 Å². The van der Waals surface area contributed by atoms with Crippen LogP contribution in [0.25, 0.3) is 0 Å². The molecule has 0 aromatic heterocycles. The molecule has 0 aliphatic rings. The number of aryl methyl sites for hydroxylation is 1. The van der Waals surface area contributed by atoms with E-state index in [1.54, 1.807) is 18.2 Å². The van der Waals surface area contributed by atoms with E-state index in [4.69, 9.17) is 0 Å². The van der Waals surface area contributed by atoms with E-state index in [-0.39, 0.29) is 30.5 Å². The summed E-state index contributed by atoms with van der Waals surface area (Å²) in [7, 11) is 0. The predicted octanol–water partition coefficient (Wildman–Crippen LogP) is 2.00. The minimum Gasteiger partial charge on any atom is -0.506 e. The molecule has 3 N–H and O–H groups in total. The zero-order valence-electron chi connectivity index (χ0n) is 12.3. The van der Waals surface area contributed by atoms with Gasteiger partial charge in [-0.05, 0) is 30.2 Å². The maximum Gasteiger partial charge on any atom is 0.243 e. The van der Waals surface area contributed by atoms with Crippen LogP contribution in [0.5, 0.6) is 5.75 Å². The molecule has 2 aromatic carbocycles. The van der Waals surface area contributed by atoms with Crippen molar-refractivity contribution in [3.05, 3.63) is 59.7 Å². The predicted molar refractivity (Wildman–Crippen MR) is 84.6 cm³/mol. The third kappa shape index (κ3) is 4.63. The first-order valence-electron chi connectivity index (χ1n) is 6.94. The number of anilines is 1. The van der Waals surface area contributed by atoms with Gasteiger partial charge in [0.05, 0.1) is 18.7 Å². The average molecular weight is 298 g/mol. The molecule has 0 atom stereocenters. The molecule has 0 spiro atoms. The van der Waals surface area contributed by atoms with E-state index in [9.17, 15) is 14.7 Å². The van der Waals surface area contributed by atoms with Crippen molar-refractivity contribution in [2.45, 2.75) is 13.3 Å². The van der Waals surface area contributed by atoms with Crippen molar-refractivity contribution < 1.29 is 14.7 Å². The highest BCUT2D eigenvalue weighted by atomic mass is 16.3. The fourth-order valence-corrected chi connectivity index (χ4v) is 1.96. The van der Waals surface area contributed by atoms with Crippen LogP contribution in [0.4, 0.5) is 5.69 Å². The molecule has 0 bridgehead atoms. The van der Waals surface area contributed by atoms with Crippen LogP contribution in [0.3, 0.4) is 0 Å². The Kier molecular flexibility index (Phi) is 5.14. The normalized spacial score (nSPS) is 10.0. The van der Waals surface area contributed by atoms with E-state index in [1.165, 1.54) is 0 Å². The molecule has 2 aromatic rings. The Hall–Kier alpha value is -2.82. The summed E-state index contributed by atoms with van der Waals surface area (Å²) in [5.74, 6) is -0.612. The molecule has 5 heteroatoms. The molecule has 0 aliphatic carbocycles. The molecule has 0 fully saturated rings. The quantitative estimate of drug-likeness (QED) is 0.739. The Balaban J connectivity index is 1.81. The molecule has 0 saturated carbocycles. The second kappa shape index (κ2) is 7.26. The number of amides is 2. The minimum atomic E-state index is -0.388. The second-order valence-electron chi connectivity index (χ2n) is 5.01. The molecular weight excluding hydrogens is 280 g/mol. The second-order valence-corrected chi connectivity index (χ2v) is 5.01. The number of hydrogen-bond donors (Lipinski definition) is 3. The van der Waals surface area contributed by atoms with Gasteiger partial charge in [-0.25, -0.2) is 0 Å². The lowest BCUT2D eigenvalue weighted by Gasteiger charge is -2.09. The van der Waals surface area contributed by atoms with E-state index in [2.05, 4.69) is 10.6 Å². The zero-order valence-corrected chi connectivity index (χ0v) is 12.3. The van der Waals surface area contributed by atoms with Crippen molar-refractivity contribution >= 4 is 17.5 Å². The maximum atomic E-state index is 11.8. The van der Waals surface area contributed by atoms with E-state index >= 15 is 0 Å². The van der Waals surface area contributed by atoms with E-state index in [0.717, 1.165) is 11.1 Å². The Morgan fingerprint density at radius 2 is 1.77 bits per heavy atom. The van der Waals surface area contributed by atoms with Gasteiger partial charge < -0.3 is 15.7 Å². The average Bonchev–Trinajstić information content (AvgIpc) is 2.49. The number of nitrogens with one attached hydrogen (secondary N) is 2. The van der Waals surface area contributed by atoms with Crippen LogP contribution in [0, 0.1) is 6.92 Å². The summed E-state index contributed by atoms with van der Waals surface area (Å²) in [6.45, 7) is 1.70. The van der Waals surface area contributed by atoms with Gasteiger partial charge in [0.25, 0.3) is 0 Å². The molecule has 0 heterocycles. The van der Waals surface area contributed by atoms with Gasteiger partial charge in [-0.3, -0.25) is 9.59 Å². The summed E-state index contributed by atoms with van der Waals surface area (Å²) in [6, 6.07) is 14.3. The number of carbonyl (C=O) groups excluding carboxylic acids is 2. The number of phenolic OH excluding ortho intramolecular Hbond substituents is 1. The highest BCUT2D eigenvalue weighted by molar-refractivity contribution is 5.95. The van der Waals surface area contributed by atoms with E-state index < -0.39 is 0 Å². The Labute approximate surface area is 129 Å². The first-order valence-corrected chi connectivity index (χ1v) is 6.94. The molecule has 0 radical (unpaired) electrons. The topological polar surface area (TPSA) is 78.4 Å². The van der Waals surface area contributed by atoms with Crippen molar-refractivity contribution in [2.24, 2.45) is 0 Å². The number of hydrogen-bond acceptors (Lipinski definition) is 3. The van der Waals surface area contributed by atoms with Crippen molar-refractivity contribution in [3.8, 4) is 5.75 Å². The minimum absolute atomic E-state index is 0.00367. The SMILES string of the molecule is Cc1ccc(NC(=O)CNC(=O)Cc2ccccc2)c(O)c1. The van der Waals surface area contributed by atoms with E-state index in [0.29, 0.717) is 5.69 Å². The molecule has 22 heavy (non-hydrogen) atoms. The summed E-state index contributed by atoms with van der Waals surface area (Å²) in [5, 5.41) is 14.8. The van der Waals surface area contributed by atoms with Crippen molar-refractivity contribution in [2.75, 3.05) is 11.9 Å². The van der Waals surface area contributed by atoms with Crippen LogP contribution in [-0.4, -0.2) is 23.5 Å². The summed E-state index contributed by atoms with van der Waals surface area (Å²) in [5.41, 5.74) is 2.11. The number of benzene rings is 2. The van der Waals surface area contributed by atoms with Crippen molar-refractivity contribution in [3.63, 3.8) is 0 Å². The molecule has 114 valence electrons. The summed E-state index contributed by atoms with van der Waals surface area (Å²) < 4.78 is 0. The molecule has 2 rings (SSSR count). The third-order valence-corrected chi connectivity index (χ3v) is 3.08. The van der Waals surface area contributed by atoms with Crippen LogP contribution in [-0.2, 0) is 16.0 Å². The van der Waals surface area contributed by atoms with Crippen LogP contribution in [0.15, 0.2) is 48.5 Å². The molecule has 5 nitrogen and oxygen atoms in total. The zero-order chi connectivity index (χ0) is 15.9. The Morgan fingerprint density at radius 3 is 2.45 bits per heavy atom. The molecule has 0 saturated heterocycles. The lowest BCUT2D eigenvalue weighted by atomic mass is 10.1. The number of phenols is 1. The molecule has 2 amide bonds. The number of rotatable bonds is 5. The first kappa shape index (κ1) is 15.6. The van der Waals surface area contributed by atoms with Gasteiger partial charge in [0.2, 0.25) is 11.8 Å². The van der Waals surface area contributed by atoms with Gasteiger partial charge in [0.15, 0.2) is 0 Å². The van der Waals surface area contributed by atoms with Crippen LogP contribution in [0.2, 0.25) is 0 Å². The summed E-state index contributed by atoms with van der Waals surface area (Å²) in [4.78, 5) is 23.5. The van der Waals surface area contributed by atoms with Gasteiger partial charge in [0.1, 0.15) is 5.75 Å². The van der Waals surface area contributed by atoms with Gasteiger partial charge in [-0.15, -0.1) is 0 Å². The monoisotopic (exact) mass is 298 g/mol. The largest absolute Gasteiger partial charge is 0.506 e. The number of aromatic hydroxyl groups is 1. The third-order valence-electron chi connectivity index (χ3n) is 3.08. The van der Waals surface area contributed by atoms with Gasteiger partial charge >= 0.3 is 0 Å². The standard InChI is InChI=1S/C17H18N2O3/c1-12-7-8-14(15(20)9-12)19-17(22)11-18-16(21)10-13-5-3-2-4-6-13/h2-9,20H,10-11H2,1H3,(H,18,21)(H,19,22). The van der Waals surface area contributed by atoms with Gasteiger partial charge in [-0.2, -0.15) is 0 Å². The van der Waals surface area contributed by atoms with Gasteiger partial charge in [0, 0.05) is 0 Å². The van der Waals surface area contributed by atoms with E-state index in [1.807, 2.05) is 37.3 Å². The highest BCUT2D eigenvalue weighted by Gasteiger charge is 2.09. The van der Waals surface area contributed by atoms with Crippen LogP contribution in [0.1, 0.15) is 11.1 Å². The highest BCUT2D eigenvalue weighted by Crippen LogP contribution is 2.23. The smallest absolute Gasteiger partial charge is 0.243 e.